The maximum absolute atomic E-state index is 5.18. The molecule has 0 radical (unpaired) electrons. The van der Waals surface area contributed by atoms with Gasteiger partial charge in [-0.3, -0.25) is 0 Å². The van der Waals surface area contributed by atoms with Gasteiger partial charge in [0.2, 0.25) is 0 Å². The first kappa shape index (κ1) is 30.9. The fraction of sp³-hybridized carbons (Fsp3) is 0. The van der Waals surface area contributed by atoms with Gasteiger partial charge in [0.05, 0.1) is 44.5 Å². The molecule has 260 valence electrons. The number of rotatable bonds is 4. The molecule has 0 N–H and O–H groups in total. The third-order valence-electron chi connectivity index (χ3n) is 11.5. The van der Waals surface area contributed by atoms with Crippen LogP contribution >= 0.6 is 0 Å². The number of benzene rings is 9. The molecule has 0 bridgehead atoms. The summed E-state index contributed by atoms with van der Waals surface area (Å²) in [6, 6.07) is 69.7. The van der Waals surface area contributed by atoms with E-state index in [0.717, 1.165) is 50.4 Å². The van der Waals surface area contributed by atoms with Gasteiger partial charge in [0.25, 0.3) is 0 Å². The average molecular weight is 713 g/mol. The van der Waals surface area contributed by atoms with Gasteiger partial charge in [0.15, 0.2) is 0 Å². The van der Waals surface area contributed by atoms with Crippen LogP contribution in [-0.2, 0) is 0 Å². The van der Waals surface area contributed by atoms with Gasteiger partial charge < -0.3 is 9.13 Å². The number of fused-ring (bicyclic) bond motifs is 10. The molecule has 0 saturated carbocycles. The predicted molar refractivity (Wildman–Crippen MR) is 234 cm³/mol. The quantitative estimate of drug-likeness (QED) is 0.182. The highest BCUT2D eigenvalue weighted by atomic mass is 15.0. The minimum absolute atomic E-state index is 0.873. The van der Waals surface area contributed by atoms with Crippen molar-refractivity contribution < 1.29 is 0 Å². The van der Waals surface area contributed by atoms with Crippen LogP contribution in [0.25, 0.3) is 110 Å². The van der Waals surface area contributed by atoms with E-state index in [1.165, 1.54) is 59.6 Å². The van der Waals surface area contributed by atoms with Crippen molar-refractivity contribution in [3.63, 3.8) is 0 Å². The van der Waals surface area contributed by atoms with E-state index in [2.05, 4.69) is 173 Å². The van der Waals surface area contributed by atoms with E-state index in [1.54, 1.807) is 0 Å². The third-order valence-corrected chi connectivity index (χ3v) is 11.5. The van der Waals surface area contributed by atoms with E-state index >= 15 is 0 Å². The van der Waals surface area contributed by atoms with Gasteiger partial charge in [-0.1, -0.05) is 140 Å². The molecule has 56 heavy (non-hydrogen) atoms. The van der Waals surface area contributed by atoms with Crippen molar-refractivity contribution in [2.24, 2.45) is 0 Å². The Balaban J connectivity index is 1.11. The lowest BCUT2D eigenvalue weighted by Crippen LogP contribution is -1.98. The SMILES string of the molecule is c1ccc(-c2nc3ccccc3nc2-c2ccc(-n3c4ccccc4c4cc5c6ccc7ccccc7c6n(-c6ccc7ccccc7c6)c5cc43)cc2)cc1. The van der Waals surface area contributed by atoms with Gasteiger partial charge >= 0.3 is 0 Å². The first-order chi connectivity index (χ1) is 27.8. The number of aromatic nitrogens is 4. The Hall–Kier alpha value is -7.56. The molecule has 0 fully saturated rings. The smallest absolute Gasteiger partial charge is 0.0973 e. The Kier molecular flexibility index (Phi) is 6.60. The molecule has 0 amide bonds. The zero-order valence-electron chi connectivity index (χ0n) is 30.3. The second kappa shape index (κ2) is 12.0. The maximum Gasteiger partial charge on any atom is 0.0973 e. The van der Waals surface area contributed by atoms with Crippen LogP contribution in [0.3, 0.4) is 0 Å². The molecule has 3 aromatic heterocycles. The van der Waals surface area contributed by atoms with Gasteiger partial charge in [-0.15, -0.1) is 0 Å². The maximum atomic E-state index is 5.18. The second-order valence-electron chi connectivity index (χ2n) is 14.6. The monoisotopic (exact) mass is 712 g/mol. The molecule has 3 heterocycles. The lowest BCUT2D eigenvalue weighted by atomic mass is 10.0. The summed E-state index contributed by atoms with van der Waals surface area (Å²) in [6.07, 6.45) is 0. The fourth-order valence-corrected chi connectivity index (χ4v) is 8.87. The van der Waals surface area contributed by atoms with E-state index in [1.807, 2.05) is 30.3 Å². The Morgan fingerprint density at radius 3 is 1.66 bits per heavy atom. The minimum atomic E-state index is 0.873. The largest absolute Gasteiger partial charge is 0.309 e. The lowest BCUT2D eigenvalue weighted by Gasteiger charge is -2.13. The Bertz CT molecular complexity index is 3520. The number of nitrogens with zero attached hydrogens (tertiary/aromatic N) is 4. The van der Waals surface area contributed by atoms with Gasteiger partial charge in [0.1, 0.15) is 0 Å². The molecule has 0 aliphatic rings. The van der Waals surface area contributed by atoms with Crippen LogP contribution in [0.5, 0.6) is 0 Å². The Morgan fingerprint density at radius 1 is 0.304 bits per heavy atom. The summed E-state index contributed by atoms with van der Waals surface area (Å²) in [4.78, 5) is 10.3. The fourth-order valence-electron chi connectivity index (χ4n) is 8.87. The first-order valence-corrected chi connectivity index (χ1v) is 19.1. The molecular formula is C52H32N4. The second-order valence-corrected chi connectivity index (χ2v) is 14.6. The number of hydrogen-bond acceptors (Lipinski definition) is 2. The van der Waals surface area contributed by atoms with Crippen LogP contribution in [0.4, 0.5) is 0 Å². The van der Waals surface area contributed by atoms with Gasteiger partial charge in [-0.25, -0.2) is 9.97 Å². The van der Waals surface area contributed by atoms with Crippen LogP contribution in [0.2, 0.25) is 0 Å². The highest BCUT2D eigenvalue weighted by molar-refractivity contribution is 6.23. The summed E-state index contributed by atoms with van der Waals surface area (Å²) >= 11 is 0. The molecule has 4 heteroatoms. The van der Waals surface area contributed by atoms with E-state index in [4.69, 9.17) is 9.97 Å². The van der Waals surface area contributed by atoms with Gasteiger partial charge in [-0.2, -0.15) is 0 Å². The molecule has 12 aromatic rings. The summed E-state index contributed by atoms with van der Waals surface area (Å²) in [6.45, 7) is 0. The van der Waals surface area contributed by atoms with E-state index in [9.17, 15) is 0 Å². The normalized spacial score (nSPS) is 11.9. The molecule has 9 aromatic carbocycles. The van der Waals surface area contributed by atoms with E-state index in [-0.39, 0.29) is 0 Å². The molecule has 0 spiro atoms. The van der Waals surface area contributed by atoms with E-state index in [0.29, 0.717) is 0 Å². The molecule has 0 atom stereocenters. The van der Waals surface area contributed by atoms with Crippen molar-refractivity contribution in [3.8, 4) is 33.9 Å². The molecular weight excluding hydrogens is 681 g/mol. The van der Waals surface area contributed by atoms with Crippen LogP contribution in [0, 0.1) is 0 Å². The molecule has 12 rings (SSSR count). The molecule has 0 saturated heterocycles. The van der Waals surface area contributed by atoms with Crippen molar-refractivity contribution in [2.75, 3.05) is 0 Å². The lowest BCUT2D eigenvalue weighted by molar-refractivity contribution is 1.17. The third kappa shape index (κ3) is 4.60. The van der Waals surface area contributed by atoms with E-state index < -0.39 is 0 Å². The Morgan fingerprint density at radius 2 is 0.875 bits per heavy atom. The summed E-state index contributed by atoms with van der Waals surface area (Å²) in [7, 11) is 0. The van der Waals surface area contributed by atoms with Crippen molar-refractivity contribution in [2.45, 2.75) is 0 Å². The highest BCUT2D eigenvalue weighted by Crippen LogP contribution is 2.42. The topological polar surface area (TPSA) is 35.6 Å². The number of hydrogen-bond donors (Lipinski definition) is 0. The van der Waals surface area contributed by atoms with Gasteiger partial charge in [0, 0.05) is 49.4 Å². The van der Waals surface area contributed by atoms with Gasteiger partial charge in [-0.05, 0) is 70.8 Å². The molecule has 4 nitrogen and oxygen atoms in total. The van der Waals surface area contributed by atoms with Crippen LogP contribution in [0.1, 0.15) is 0 Å². The van der Waals surface area contributed by atoms with Crippen LogP contribution in [0.15, 0.2) is 194 Å². The first-order valence-electron chi connectivity index (χ1n) is 19.1. The standard InChI is InChI=1S/C52H32N4/c1-2-14-35(15-3-1)50-51(54-46-20-10-9-19-45(46)53-50)36-23-26-38(27-24-36)55-47-21-11-8-18-41(47)43-31-44-42-29-25-34-13-6-7-17-40(34)52(42)56(49(44)32-48(43)55)39-28-22-33-12-4-5-16-37(33)30-39/h1-32H. The summed E-state index contributed by atoms with van der Waals surface area (Å²) in [5.41, 5.74) is 12.6. The Labute approximate surface area is 322 Å². The average Bonchev–Trinajstić information content (AvgIpc) is 3.77. The summed E-state index contributed by atoms with van der Waals surface area (Å²) in [5, 5.41) is 9.89. The highest BCUT2D eigenvalue weighted by Gasteiger charge is 2.21. The van der Waals surface area contributed by atoms with Crippen molar-refractivity contribution >= 4 is 76.2 Å². The van der Waals surface area contributed by atoms with Crippen LogP contribution < -0.4 is 0 Å². The number of para-hydroxylation sites is 3. The van der Waals surface area contributed by atoms with Crippen LogP contribution in [-0.4, -0.2) is 19.1 Å². The van der Waals surface area contributed by atoms with Crippen molar-refractivity contribution in [1.82, 2.24) is 19.1 Å². The molecule has 0 aliphatic carbocycles. The molecule has 0 aliphatic heterocycles. The summed E-state index contributed by atoms with van der Waals surface area (Å²) < 4.78 is 4.89. The predicted octanol–water partition coefficient (Wildman–Crippen LogP) is 13.5. The zero-order valence-corrected chi connectivity index (χ0v) is 30.3. The minimum Gasteiger partial charge on any atom is -0.309 e. The summed E-state index contributed by atoms with van der Waals surface area (Å²) in [5.74, 6) is 0. The zero-order chi connectivity index (χ0) is 36.7. The van der Waals surface area contributed by atoms with Crippen molar-refractivity contribution in [1.29, 1.82) is 0 Å². The molecule has 0 unspecified atom stereocenters. The van der Waals surface area contributed by atoms with Crippen molar-refractivity contribution in [3.05, 3.63) is 194 Å².